The summed E-state index contributed by atoms with van der Waals surface area (Å²) in [6.45, 7) is 0. The van der Waals surface area contributed by atoms with Crippen molar-refractivity contribution in [2.75, 3.05) is 5.73 Å². The summed E-state index contributed by atoms with van der Waals surface area (Å²) in [6, 6.07) is 7.69. The van der Waals surface area contributed by atoms with Crippen molar-refractivity contribution in [2.24, 2.45) is 5.11 Å². The summed E-state index contributed by atoms with van der Waals surface area (Å²) < 4.78 is 5.46. The molecular formula is C11H10N4O2. The molecule has 0 fully saturated rings. The van der Waals surface area contributed by atoms with Crippen LogP contribution in [-0.4, -0.2) is 10.1 Å². The Balaban J connectivity index is 2.24. The molecule has 0 spiro atoms. The highest BCUT2D eigenvalue weighted by Gasteiger charge is 2.03. The zero-order valence-electron chi connectivity index (χ0n) is 8.79. The van der Waals surface area contributed by atoms with Gasteiger partial charge in [0.05, 0.1) is 0 Å². The van der Waals surface area contributed by atoms with E-state index in [9.17, 15) is 5.11 Å². The number of rotatable bonds is 3. The number of hydrogen-bond acceptors (Lipinski definition) is 6. The Morgan fingerprint density at radius 1 is 1.24 bits per heavy atom. The van der Waals surface area contributed by atoms with Gasteiger partial charge in [0.25, 0.3) is 0 Å². The number of phenols is 1. The van der Waals surface area contributed by atoms with Gasteiger partial charge in [-0.15, -0.1) is 0 Å². The third-order valence-corrected chi connectivity index (χ3v) is 2.06. The number of nitrogens with zero attached hydrogens (tertiary/aromatic N) is 2. The monoisotopic (exact) mass is 230 g/mol. The first-order valence-corrected chi connectivity index (χ1v) is 4.79. The van der Waals surface area contributed by atoms with E-state index >= 15 is 0 Å². The second kappa shape index (κ2) is 4.48. The van der Waals surface area contributed by atoms with Gasteiger partial charge in [0.1, 0.15) is 28.8 Å². The van der Waals surface area contributed by atoms with E-state index in [4.69, 9.17) is 16.0 Å². The van der Waals surface area contributed by atoms with E-state index in [0.717, 1.165) is 0 Å². The molecule has 0 saturated carbocycles. The van der Waals surface area contributed by atoms with Gasteiger partial charge in [0.2, 0.25) is 0 Å². The van der Waals surface area contributed by atoms with Gasteiger partial charge in [0.15, 0.2) is 0 Å². The van der Waals surface area contributed by atoms with Crippen LogP contribution in [0.4, 0.5) is 11.5 Å². The lowest BCUT2D eigenvalue weighted by molar-refractivity contribution is 0.455. The van der Waals surface area contributed by atoms with Gasteiger partial charge in [-0.1, -0.05) is 0 Å². The molecule has 6 nitrogen and oxygen atoms in total. The van der Waals surface area contributed by atoms with Crippen LogP contribution in [0, 0.1) is 5.53 Å². The molecule has 0 radical (unpaired) electrons. The highest BCUT2D eigenvalue weighted by molar-refractivity contribution is 5.54. The number of nitrogen functional groups attached to an aromatic ring is 1. The summed E-state index contributed by atoms with van der Waals surface area (Å²) in [5.74, 6) is 1.19. The van der Waals surface area contributed by atoms with Crippen LogP contribution in [0.2, 0.25) is 0 Å². The average Bonchev–Trinajstić information content (AvgIpc) is 2.29. The van der Waals surface area contributed by atoms with E-state index in [1.54, 1.807) is 18.2 Å². The molecule has 0 bridgehead atoms. The van der Waals surface area contributed by atoms with Gasteiger partial charge >= 0.3 is 0 Å². The fourth-order valence-corrected chi connectivity index (χ4v) is 1.29. The third kappa shape index (κ3) is 2.49. The molecule has 6 heteroatoms. The van der Waals surface area contributed by atoms with Gasteiger partial charge in [-0.3, -0.25) is 0 Å². The number of ether oxygens (including phenoxy) is 1. The molecule has 0 unspecified atom stereocenters. The normalized spacial score (nSPS) is 9.88. The van der Waals surface area contributed by atoms with Gasteiger partial charge in [-0.05, 0) is 18.2 Å². The summed E-state index contributed by atoms with van der Waals surface area (Å²) >= 11 is 0. The number of pyridine rings is 1. The molecule has 0 aliphatic heterocycles. The molecule has 1 heterocycles. The Hall–Kier alpha value is -2.63. The zero-order valence-corrected chi connectivity index (χ0v) is 8.79. The summed E-state index contributed by atoms with van der Waals surface area (Å²) in [7, 11) is 0. The van der Waals surface area contributed by atoms with E-state index in [2.05, 4.69) is 10.1 Å². The fourth-order valence-electron chi connectivity index (χ4n) is 1.29. The first kappa shape index (κ1) is 10.9. The SMILES string of the molecule is N=Nc1ccc(Oc2ccnc(N)c2)cc1O. The number of aromatic nitrogens is 1. The fraction of sp³-hybridized carbons (Fsp3) is 0. The maximum absolute atomic E-state index is 9.49. The predicted octanol–water partition coefficient (Wildman–Crippen LogP) is 2.82. The second-order valence-corrected chi connectivity index (χ2v) is 3.28. The molecule has 1 aromatic carbocycles. The van der Waals surface area contributed by atoms with Crippen molar-refractivity contribution < 1.29 is 9.84 Å². The topological polar surface area (TPSA) is 105 Å². The number of phenolic OH excluding ortho intramolecular Hbond substituents is 1. The van der Waals surface area contributed by atoms with E-state index in [1.165, 1.54) is 18.3 Å². The highest BCUT2D eigenvalue weighted by atomic mass is 16.5. The molecule has 17 heavy (non-hydrogen) atoms. The van der Waals surface area contributed by atoms with Gasteiger partial charge in [0, 0.05) is 18.3 Å². The van der Waals surface area contributed by atoms with E-state index in [1.807, 2.05) is 0 Å². The van der Waals surface area contributed by atoms with Gasteiger partial charge < -0.3 is 15.6 Å². The summed E-state index contributed by atoms with van der Waals surface area (Å²) in [5, 5.41) is 12.6. The Morgan fingerprint density at radius 3 is 2.65 bits per heavy atom. The number of aromatic hydroxyl groups is 1. The number of nitrogens with one attached hydrogen (secondary N) is 1. The van der Waals surface area contributed by atoms with Crippen LogP contribution in [0.25, 0.3) is 0 Å². The average molecular weight is 230 g/mol. The molecular weight excluding hydrogens is 220 g/mol. The van der Waals surface area contributed by atoms with Crippen LogP contribution in [0.5, 0.6) is 17.2 Å². The van der Waals surface area contributed by atoms with Crippen LogP contribution in [0.3, 0.4) is 0 Å². The van der Waals surface area contributed by atoms with E-state index in [-0.39, 0.29) is 11.4 Å². The van der Waals surface area contributed by atoms with Gasteiger partial charge in [-0.25, -0.2) is 10.5 Å². The first-order valence-electron chi connectivity index (χ1n) is 4.79. The lowest BCUT2D eigenvalue weighted by atomic mass is 10.3. The molecule has 2 aromatic rings. The minimum Gasteiger partial charge on any atom is -0.505 e. The summed E-state index contributed by atoms with van der Waals surface area (Å²) in [6.07, 6.45) is 1.53. The van der Waals surface area contributed by atoms with Crippen molar-refractivity contribution in [1.29, 1.82) is 5.53 Å². The zero-order chi connectivity index (χ0) is 12.3. The molecule has 0 amide bonds. The predicted molar refractivity (Wildman–Crippen MR) is 61.6 cm³/mol. The largest absolute Gasteiger partial charge is 0.505 e. The van der Waals surface area contributed by atoms with Crippen molar-refractivity contribution in [2.45, 2.75) is 0 Å². The summed E-state index contributed by atoms with van der Waals surface area (Å²) in [5.41, 5.74) is 12.5. The van der Waals surface area contributed by atoms with Gasteiger partial charge in [-0.2, -0.15) is 5.11 Å². The minimum absolute atomic E-state index is 0.112. The van der Waals surface area contributed by atoms with Crippen LogP contribution in [0.1, 0.15) is 0 Å². The minimum atomic E-state index is -0.112. The van der Waals surface area contributed by atoms with Crippen molar-refractivity contribution in [1.82, 2.24) is 4.98 Å². The molecule has 1 aromatic heterocycles. The van der Waals surface area contributed by atoms with Crippen molar-refractivity contribution >= 4 is 11.5 Å². The molecule has 0 aliphatic carbocycles. The Labute approximate surface area is 97.2 Å². The smallest absolute Gasteiger partial charge is 0.146 e. The molecule has 0 aliphatic rings. The van der Waals surface area contributed by atoms with Crippen molar-refractivity contribution in [3.63, 3.8) is 0 Å². The first-order chi connectivity index (χ1) is 8.19. The number of nitrogens with two attached hydrogens (primary N) is 1. The Kier molecular flexibility index (Phi) is 2.87. The lowest BCUT2D eigenvalue weighted by Gasteiger charge is -2.06. The van der Waals surface area contributed by atoms with Crippen molar-refractivity contribution in [3.8, 4) is 17.2 Å². The Bertz CT molecular complexity index is 557. The summed E-state index contributed by atoms with van der Waals surface area (Å²) in [4.78, 5) is 3.83. The molecule has 0 atom stereocenters. The second-order valence-electron chi connectivity index (χ2n) is 3.28. The third-order valence-electron chi connectivity index (χ3n) is 2.06. The quantitative estimate of drug-likeness (QED) is 0.705. The number of benzene rings is 1. The maximum atomic E-state index is 9.49. The lowest BCUT2D eigenvalue weighted by Crippen LogP contribution is -1.90. The van der Waals surface area contributed by atoms with Crippen molar-refractivity contribution in [3.05, 3.63) is 36.5 Å². The van der Waals surface area contributed by atoms with Crippen LogP contribution in [0.15, 0.2) is 41.6 Å². The van der Waals surface area contributed by atoms with Crippen LogP contribution < -0.4 is 10.5 Å². The van der Waals surface area contributed by atoms with E-state index in [0.29, 0.717) is 17.3 Å². The van der Waals surface area contributed by atoms with Crippen LogP contribution >= 0.6 is 0 Å². The number of hydrogen-bond donors (Lipinski definition) is 3. The maximum Gasteiger partial charge on any atom is 0.146 e. The molecule has 4 N–H and O–H groups in total. The molecule has 0 saturated heterocycles. The molecule has 2 rings (SSSR count). The standard InChI is InChI=1S/C11H10N4O2/c12-11-6-8(3-4-14-11)17-7-1-2-9(15-13)10(16)5-7/h1-6,13,16H,(H2,12,14). The number of anilines is 1. The van der Waals surface area contributed by atoms with E-state index < -0.39 is 0 Å². The molecule has 86 valence electrons. The van der Waals surface area contributed by atoms with Crippen LogP contribution in [-0.2, 0) is 0 Å². The Morgan fingerprint density at radius 2 is 2.00 bits per heavy atom. The highest BCUT2D eigenvalue weighted by Crippen LogP contribution is 2.32.